The number of benzene rings is 2. The number of aromatic nitrogens is 1. The average Bonchev–Trinajstić information content (AvgIpc) is 3.20. The lowest BCUT2D eigenvalue weighted by molar-refractivity contribution is 0.0665. The highest BCUT2D eigenvalue weighted by atomic mass is 16.5. The predicted molar refractivity (Wildman–Crippen MR) is 124 cm³/mol. The second-order valence-corrected chi connectivity index (χ2v) is 8.37. The van der Waals surface area contributed by atoms with Crippen LogP contribution in [0, 0.1) is 0 Å². The van der Waals surface area contributed by atoms with Crippen LogP contribution in [0.5, 0.6) is 5.75 Å². The molecule has 5 rings (SSSR count). The van der Waals surface area contributed by atoms with Gasteiger partial charge in [0.05, 0.1) is 23.9 Å². The molecule has 0 N–H and O–H groups in total. The molecule has 1 aliphatic heterocycles. The number of allylic oxidation sites excluding steroid dienone is 1. The second kappa shape index (κ2) is 8.16. The van der Waals surface area contributed by atoms with Crippen molar-refractivity contribution < 1.29 is 9.53 Å². The fraction of sp³-hybridized carbons (Fsp3) is 0.308. The fourth-order valence-corrected chi connectivity index (χ4v) is 4.59. The number of piperazine rings is 1. The van der Waals surface area contributed by atoms with Crippen molar-refractivity contribution in [1.82, 2.24) is 14.8 Å². The number of carbonyl (C=O) groups is 1. The first-order chi connectivity index (χ1) is 15.1. The zero-order valence-corrected chi connectivity index (χ0v) is 18.1. The quantitative estimate of drug-likeness (QED) is 0.648. The van der Waals surface area contributed by atoms with E-state index in [9.17, 15) is 4.79 Å². The van der Waals surface area contributed by atoms with Crippen LogP contribution in [0.25, 0.3) is 22.6 Å². The van der Waals surface area contributed by atoms with Crippen LogP contribution in [0.1, 0.15) is 33.6 Å². The molecule has 1 aliphatic carbocycles. The van der Waals surface area contributed by atoms with Crippen molar-refractivity contribution in [1.29, 1.82) is 0 Å². The van der Waals surface area contributed by atoms with E-state index in [2.05, 4.69) is 30.2 Å². The molecule has 2 aliphatic rings. The number of hydrogen-bond acceptors (Lipinski definition) is 4. The molecule has 0 bridgehead atoms. The molecule has 1 aromatic heterocycles. The molecule has 2 aromatic carbocycles. The van der Waals surface area contributed by atoms with Gasteiger partial charge >= 0.3 is 0 Å². The summed E-state index contributed by atoms with van der Waals surface area (Å²) in [5.74, 6) is 0.992. The van der Waals surface area contributed by atoms with E-state index in [1.54, 1.807) is 7.11 Å². The van der Waals surface area contributed by atoms with Gasteiger partial charge in [0.25, 0.3) is 5.91 Å². The molecule has 1 saturated heterocycles. The number of hydrogen-bond donors (Lipinski definition) is 0. The Morgan fingerprint density at radius 3 is 2.48 bits per heavy atom. The summed E-state index contributed by atoms with van der Waals surface area (Å²) in [6.07, 6.45) is 3.94. The molecule has 1 fully saturated rings. The summed E-state index contributed by atoms with van der Waals surface area (Å²) in [6, 6.07) is 16.1. The molecular formula is C26H27N3O2. The Balaban J connectivity index is 1.59. The van der Waals surface area contributed by atoms with Crippen LogP contribution in [0.2, 0.25) is 0 Å². The van der Waals surface area contributed by atoms with Crippen LogP contribution >= 0.6 is 0 Å². The Labute approximate surface area is 182 Å². The Hall–Kier alpha value is -3.18. The zero-order valence-electron chi connectivity index (χ0n) is 18.1. The van der Waals surface area contributed by atoms with Crippen LogP contribution in [-0.4, -0.2) is 61.0 Å². The van der Waals surface area contributed by atoms with Gasteiger partial charge in [0.1, 0.15) is 5.75 Å². The van der Waals surface area contributed by atoms with Crippen molar-refractivity contribution in [3.8, 4) is 5.75 Å². The summed E-state index contributed by atoms with van der Waals surface area (Å²) in [7, 11) is 3.78. The lowest BCUT2D eigenvalue weighted by Gasteiger charge is -2.33. The highest BCUT2D eigenvalue weighted by Gasteiger charge is 2.30. The van der Waals surface area contributed by atoms with Gasteiger partial charge in [0.2, 0.25) is 0 Å². The number of nitrogens with zero attached hydrogens (tertiary/aromatic N) is 3. The molecule has 0 unspecified atom stereocenters. The minimum absolute atomic E-state index is 0.147. The van der Waals surface area contributed by atoms with E-state index >= 15 is 0 Å². The Kier molecular flexibility index (Phi) is 5.20. The molecule has 3 aromatic rings. The van der Waals surface area contributed by atoms with E-state index in [4.69, 9.17) is 9.72 Å². The normalized spacial score (nSPS) is 17.9. The van der Waals surface area contributed by atoms with Crippen LogP contribution in [0.15, 0.2) is 48.5 Å². The topological polar surface area (TPSA) is 45.7 Å². The minimum Gasteiger partial charge on any atom is -0.497 e. The maximum atomic E-state index is 13.7. The number of pyridine rings is 1. The number of rotatable bonds is 3. The molecule has 5 heteroatoms. The van der Waals surface area contributed by atoms with Crippen molar-refractivity contribution in [3.05, 3.63) is 70.9 Å². The number of para-hydroxylation sites is 1. The first-order valence-corrected chi connectivity index (χ1v) is 10.9. The van der Waals surface area contributed by atoms with Gasteiger partial charge in [-0.1, -0.05) is 30.3 Å². The minimum atomic E-state index is 0.147. The van der Waals surface area contributed by atoms with Gasteiger partial charge in [-0.15, -0.1) is 0 Å². The molecule has 158 valence electrons. The smallest absolute Gasteiger partial charge is 0.254 e. The molecule has 0 saturated carbocycles. The highest BCUT2D eigenvalue weighted by Crippen LogP contribution is 2.38. The number of methoxy groups -OCH3 is 1. The summed E-state index contributed by atoms with van der Waals surface area (Å²) in [5.41, 5.74) is 6.13. The molecule has 1 amide bonds. The lowest BCUT2D eigenvalue weighted by atomic mass is 9.99. The molecule has 2 heterocycles. The summed E-state index contributed by atoms with van der Waals surface area (Å²) >= 11 is 0. The Morgan fingerprint density at radius 2 is 1.74 bits per heavy atom. The second-order valence-electron chi connectivity index (χ2n) is 8.37. The third-order valence-corrected chi connectivity index (χ3v) is 6.40. The van der Waals surface area contributed by atoms with Gasteiger partial charge in [0.15, 0.2) is 0 Å². The summed E-state index contributed by atoms with van der Waals surface area (Å²) in [4.78, 5) is 22.9. The predicted octanol–water partition coefficient (Wildman–Crippen LogP) is 4.12. The largest absolute Gasteiger partial charge is 0.497 e. The number of likely N-dealkylation sites (N-methyl/N-ethyl adjacent to an activating group) is 1. The SMILES string of the molecule is COc1ccc(/C=C2/CCc3c2nc2ccccc2c3C(=O)N2CCN(C)CC2)cc1. The molecule has 0 spiro atoms. The fourth-order valence-electron chi connectivity index (χ4n) is 4.59. The van der Waals surface area contributed by atoms with Crippen LogP contribution in [0.4, 0.5) is 0 Å². The molecule has 31 heavy (non-hydrogen) atoms. The average molecular weight is 414 g/mol. The Morgan fingerprint density at radius 1 is 1.00 bits per heavy atom. The van der Waals surface area contributed by atoms with Crippen LogP contribution in [0.3, 0.4) is 0 Å². The summed E-state index contributed by atoms with van der Waals surface area (Å²) in [5, 5.41) is 0.968. The zero-order chi connectivity index (χ0) is 21.4. The van der Waals surface area contributed by atoms with Gasteiger partial charge < -0.3 is 14.5 Å². The van der Waals surface area contributed by atoms with Gasteiger partial charge in [-0.3, -0.25) is 4.79 Å². The third kappa shape index (κ3) is 3.70. The monoisotopic (exact) mass is 413 g/mol. The van der Waals surface area contributed by atoms with Crippen molar-refractivity contribution in [3.63, 3.8) is 0 Å². The van der Waals surface area contributed by atoms with E-state index in [-0.39, 0.29) is 5.91 Å². The molecule has 0 radical (unpaired) electrons. The van der Waals surface area contributed by atoms with Crippen molar-refractivity contribution in [2.24, 2.45) is 0 Å². The van der Waals surface area contributed by atoms with Crippen molar-refractivity contribution in [2.75, 3.05) is 40.3 Å². The maximum absolute atomic E-state index is 13.7. The summed E-state index contributed by atoms with van der Waals surface area (Å²) in [6.45, 7) is 3.38. The van der Waals surface area contributed by atoms with Gasteiger partial charge in [-0.2, -0.15) is 0 Å². The van der Waals surface area contributed by atoms with E-state index < -0.39 is 0 Å². The van der Waals surface area contributed by atoms with Gasteiger partial charge in [-0.25, -0.2) is 4.98 Å². The standard InChI is InChI=1S/C26H27N3O2/c1-28-13-15-29(16-14-28)26(30)24-21-5-3-4-6-23(21)27-25-19(9-12-22(24)25)17-18-7-10-20(31-2)11-8-18/h3-8,10-11,17H,9,12-16H2,1-2H3/b19-17-. The van der Waals surface area contributed by atoms with Crippen molar-refractivity contribution >= 4 is 28.5 Å². The number of carbonyl (C=O) groups excluding carboxylic acids is 1. The van der Waals surface area contributed by atoms with Crippen LogP contribution in [-0.2, 0) is 6.42 Å². The van der Waals surface area contributed by atoms with Crippen LogP contribution < -0.4 is 4.74 Å². The molecule has 5 nitrogen and oxygen atoms in total. The number of amides is 1. The molecular weight excluding hydrogens is 386 g/mol. The Bertz CT molecular complexity index is 1160. The van der Waals surface area contributed by atoms with Gasteiger partial charge in [-0.05, 0) is 60.9 Å². The van der Waals surface area contributed by atoms with Gasteiger partial charge in [0, 0.05) is 31.6 Å². The highest BCUT2D eigenvalue weighted by molar-refractivity contribution is 6.09. The van der Waals surface area contributed by atoms with E-state index in [0.717, 1.165) is 78.1 Å². The first kappa shape index (κ1) is 19.8. The van der Waals surface area contributed by atoms with Crippen molar-refractivity contribution in [2.45, 2.75) is 12.8 Å². The lowest BCUT2D eigenvalue weighted by Crippen LogP contribution is -2.47. The third-order valence-electron chi connectivity index (χ3n) is 6.40. The summed E-state index contributed by atoms with van der Waals surface area (Å²) < 4.78 is 5.27. The first-order valence-electron chi connectivity index (χ1n) is 10.9. The van der Waals surface area contributed by atoms with E-state index in [1.165, 1.54) is 5.57 Å². The number of ether oxygens (including phenoxy) is 1. The maximum Gasteiger partial charge on any atom is 0.254 e. The van der Waals surface area contributed by atoms with E-state index in [1.807, 2.05) is 41.3 Å². The molecule has 0 atom stereocenters. The number of fused-ring (bicyclic) bond motifs is 2. The van der Waals surface area contributed by atoms with E-state index in [0.29, 0.717) is 0 Å².